The van der Waals surface area contributed by atoms with Crippen LogP contribution in [0.3, 0.4) is 0 Å². The summed E-state index contributed by atoms with van der Waals surface area (Å²) in [7, 11) is 0. The molecule has 8 heteroatoms. The third-order valence-electron chi connectivity index (χ3n) is 4.35. The number of ketones is 1. The predicted octanol–water partition coefficient (Wildman–Crippen LogP) is 0.899. The number of Topliss-reactive ketones (excluding diaryl/α,β-unsaturated/α-hetero) is 1. The SMILES string of the molecule is CCCn1c(=O)c2c(nc(CO)n2CC(C)=O)n(Cc2ccccc2)c1=O. The van der Waals surface area contributed by atoms with Crippen molar-refractivity contribution < 1.29 is 9.90 Å². The lowest BCUT2D eigenvalue weighted by molar-refractivity contribution is -0.117. The second kappa shape index (κ2) is 7.71. The van der Waals surface area contributed by atoms with Gasteiger partial charge in [0.2, 0.25) is 0 Å². The molecule has 0 fully saturated rings. The lowest BCUT2D eigenvalue weighted by Gasteiger charge is -2.12. The molecule has 2 aromatic heterocycles. The third kappa shape index (κ3) is 3.48. The quantitative estimate of drug-likeness (QED) is 0.666. The van der Waals surface area contributed by atoms with Gasteiger partial charge in [-0.1, -0.05) is 37.3 Å². The minimum Gasteiger partial charge on any atom is -0.388 e. The Morgan fingerprint density at radius 1 is 1.11 bits per heavy atom. The summed E-state index contributed by atoms with van der Waals surface area (Å²) in [5.74, 6) is 0.0130. The second-order valence-electron chi connectivity index (χ2n) is 6.46. The Kier molecular flexibility index (Phi) is 5.36. The van der Waals surface area contributed by atoms with Crippen LogP contribution in [-0.2, 0) is 31.0 Å². The fraction of sp³-hybridized carbons (Fsp3) is 0.368. The Morgan fingerprint density at radius 3 is 2.41 bits per heavy atom. The first-order valence-corrected chi connectivity index (χ1v) is 8.84. The molecule has 0 aliphatic heterocycles. The van der Waals surface area contributed by atoms with Gasteiger partial charge in [-0.3, -0.25) is 18.7 Å². The van der Waals surface area contributed by atoms with Crippen LogP contribution in [0.5, 0.6) is 0 Å². The standard InChI is InChI=1S/C19H22N4O4/c1-3-9-21-18(26)16-17(20-15(12-24)22(16)10-13(2)25)23(19(21)27)11-14-7-5-4-6-8-14/h4-8,24H,3,9-12H2,1-2H3. The summed E-state index contributed by atoms with van der Waals surface area (Å²) in [6, 6.07) is 9.38. The van der Waals surface area contributed by atoms with Gasteiger partial charge in [-0.15, -0.1) is 0 Å². The van der Waals surface area contributed by atoms with Gasteiger partial charge in [-0.2, -0.15) is 0 Å². The van der Waals surface area contributed by atoms with Crippen molar-refractivity contribution in [2.45, 2.75) is 46.5 Å². The predicted molar refractivity (Wildman–Crippen MR) is 101 cm³/mol. The molecule has 0 saturated carbocycles. The van der Waals surface area contributed by atoms with Crippen molar-refractivity contribution >= 4 is 16.9 Å². The van der Waals surface area contributed by atoms with Gasteiger partial charge in [0.1, 0.15) is 18.2 Å². The average Bonchev–Trinajstić information content (AvgIpc) is 3.01. The highest BCUT2D eigenvalue weighted by Crippen LogP contribution is 2.14. The van der Waals surface area contributed by atoms with Crippen molar-refractivity contribution in [2.24, 2.45) is 0 Å². The minimum atomic E-state index is -0.491. The van der Waals surface area contributed by atoms with E-state index >= 15 is 0 Å². The number of hydrogen-bond donors (Lipinski definition) is 1. The maximum absolute atomic E-state index is 13.0. The first kappa shape index (κ1) is 18.8. The van der Waals surface area contributed by atoms with Gasteiger partial charge in [-0.05, 0) is 18.9 Å². The summed E-state index contributed by atoms with van der Waals surface area (Å²) in [4.78, 5) is 41.9. The van der Waals surface area contributed by atoms with E-state index in [0.717, 1.165) is 5.56 Å². The molecule has 142 valence electrons. The van der Waals surface area contributed by atoms with Crippen molar-refractivity contribution in [2.75, 3.05) is 0 Å². The number of rotatable bonds is 7. The van der Waals surface area contributed by atoms with E-state index in [1.807, 2.05) is 37.3 Å². The molecule has 0 unspecified atom stereocenters. The zero-order valence-corrected chi connectivity index (χ0v) is 15.4. The van der Waals surface area contributed by atoms with E-state index < -0.39 is 17.9 Å². The van der Waals surface area contributed by atoms with Crippen LogP contribution in [0.4, 0.5) is 0 Å². The molecule has 3 aromatic rings. The number of fused-ring (bicyclic) bond motifs is 1. The number of carbonyl (C=O) groups is 1. The van der Waals surface area contributed by atoms with Crippen LogP contribution in [0.2, 0.25) is 0 Å². The molecule has 0 radical (unpaired) electrons. The van der Waals surface area contributed by atoms with Gasteiger partial charge < -0.3 is 9.67 Å². The van der Waals surface area contributed by atoms with E-state index in [4.69, 9.17) is 0 Å². The number of nitrogens with zero attached hydrogens (tertiary/aromatic N) is 4. The largest absolute Gasteiger partial charge is 0.388 e. The highest BCUT2D eigenvalue weighted by Gasteiger charge is 2.21. The normalized spacial score (nSPS) is 11.2. The third-order valence-corrected chi connectivity index (χ3v) is 4.35. The van der Waals surface area contributed by atoms with E-state index in [1.54, 1.807) is 0 Å². The summed E-state index contributed by atoms with van der Waals surface area (Å²) in [5.41, 5.74) is 0.295. The van der Waals surface area contributed by atoms with Crippen LogP contribution in [0, 0.1) is 0 Å². The number of hydrogen-bond acceptors (Lipinski definition) is 5. The highest BCUT2D eigenvalue weighted by atomic mass is 16.3. The lowest BCUT2D eigenvalue weighted by atomic mass is 10.2. The van der Waals surface area contributed by atoms with E-state index in [2.05, 4.69) is 4.98 Å². The molecule has 8 nitrogen and oxygen atoms in total. The summed E-state index contributed by atoms with van der Waals surface area (Å²) >= 11 is 0. The van der Waals surface area contributed by atoms with Crippen LogP contribution in [0.25, 0.3) is 11.2 Å². The van der Waals surface area contributed by atoms with Crippen molar-refractivity contribution in [1.82, 2.24) is 18.7 Å². The molecular weight excluding hydrogens is 348 g/mol. The zero-order chi connectivity index (χ0) is 19.6. The number of aliphatic hydroxyl groups excluding tert-OH is 1. The van der Waals surface area contributed by atoms with Gasteiger partial charge >= 0.3 is 5.69 Å². The molecule has 1 N–H and O–H groups in total. The molecule has 2 heterocycles. The van der Waals surface area contributed by atoms with Gasteiger partial charge in [0, 0.05) is 6.54 Å². The van der Waals surface area contributed by atoms with Crippen LogP contribution >= 0.6 is 0 Å². The van der Waals surface area contributed by atoms with Crippen molar-refractivity contribution in [3.63, 3.8) is 0 Å². The fourth-order valence-corrected chi connectivity index (χ4v) is 3.18. The van der Waals surface area contributed by atoms with Gasteiger partial charge in [-0.25, -0.2) is 9.78 Å². The smallest absolute Gasteiger partial charge is 0.333 e. The molecule has 27 heavy (non-hydrogen) atoms. The molecule has 0 saturated heterocycles. The van der Waals surface area contributed by atoms with E-state index in [1.165, 1.54) is 20.6 Å². The molecule has 0 bridgehead atoms. The number of aromatic nitrogens is 4. The summed E-state index contributed by atoms with van der Waals surface area (Å²) in [6.07, 6.45) is 0.611. The minimum absolute atomic E-state index is 0.0860. The topological polar surface area (TPSA) is 99.1 Å². The molecule has 0 aliphatic carbocycles. The number of aliphatic hydroxyl groups is 1. The average molecular weight is 370 g/mol. The van der Waals surface area contributed by atoms with Gasteiger partial charge in [0.05, 0.1) is 13.1 Å². The molecular formula is C19H22N4O4. The number of benzene rings is 1. The van der Waals surface area contributed by atoms with Crippen molar-refractivity contribution in [1.29, 1.82) is 0 Å². The summed E-state index contributed by atoms with van der Waals surface area (Å²) in [5, 5.41) is 9.65. The molecule has 0 amide bonds. The van der Waals surface area contributed by atoms with E-state index in [-0.39, 0.29) is 42.4 Å². The highest BCUT2D eigenvalue weighted by molar-refractivity contribution is 5.79. The van der Waals surface area contributed by atoms with Crippen LogP contribution in [0.1, 0.15) is 31.7 Å². The summed E-state index contributed by atoms with van der Waals surface area (Å²) in [6.45, 7) is 3.26. The maximum atomic E-state index is 13.0. The molecule has 0 atom stereocenters. The van der Waals surface area contributed by atoms with Crippen LogP contribution in [0.15, 0.2) is 39.9 Å². The van der Waals surface area contributed by atoms with Crippen molar-refractivity contribution in [3.8, 4) is 0 Å². The number of carbonyl (C=O) groups excluding carboxylic acids is 1. The zero-order valence-electron chi connectivity index (χ0n) is 15.4. The maximum Gasteiger partial charge on any atom is 0.333 e. The summed E-state index contributed by atoms with van der Waals surface area (Å²) < 4.78 is 4.01. The van der Waals surface area contributed by atoms with Crippen LogP contribution in [-0.4, -0.2) is 29.6 Å². The fourth-order valence-electron chi connectivity index (χ4n) is 3.18. The van der Waals surface area contributed by atoms with Crippen molar-refractivity contribution in [3.05, 3.63) is 62.6 Å². The first-order valence-electron chi connectivity index (χ1n) is 8.84. The lowest BCUT2D eigenvalue weighted by Crippen LogP contribution is -2.41. The Hall–Kier alpha value is -3.00. The van der Waals surface area contributed by atoms with Crippen LogP contribution < -0.4 is 11.2 Å². The monoisotopic (exact) mass is 370 g/mol. The Bertz CT molecular complexity index is 1090. The Balaban J connectivity index is 2.36. The Morgan fingerprint density at radius 2 is 1.81 bits per heavy atom. The van der Waals surface area contributed by atoms with Gasteiger partial charge in [0.15, 0.2) is 11.2 Å². The van der Waals surface area contributed by atoms with E-state index in [0.29, 0.717) is 6.42 Å². The van der Waals surface area contributed by atoms with E-state index in [9.17, 15) is 19.5 Å². The number of imidazole rings is 1. The van der Waals surface area contributed by atoms with Gasteiger partial charge in [0.25, 0.3) is 5.56 Å². The molecule has 3 rings (SSSR count). The first-order chi connectivity index (χ1) is 13.0. The molecule has 0 spiro atoms. The second-order valence-corrected chi connectivity index (χ2v) is 6.46. The molecule has 1 aromatic carbocycles. The molecule has 0 aliphatic rings. The Labute approximate surface area is 155 Å².